The monoisotopic (exact) mass is 244 g/mol. The van der Waals surface area contributed by atoms with Gasteiger partial charge in [0, 0.05) is 6.20 Å². The summed E-state index contributed by atoms with van der Waals surface area (Å²) in [4.78, 5) is 0. The van der Waals surface area contributed by atoms with E-state index >= 15 is 0 Å². The highest BCUT2D eigenvalue weighted by Crippen LogP contribution is 2.19. The fourth-order valence-corrected chi connectivity index (χ4v) is 1.99. The normalized spacial score (nSPS) is 12.9. The number of nitrogens with zero attached hydrogens (tertiary/aromatic N) is 2. The molecule has 0 aliphatic heterocycles. The van der Waals surface area contributed by atoms with Gasteiger partial charge in [0.1, 0.15) is 0 Å². The van der Waals surface area contributed by atoms with Crippen molar-refractivity contribution in [2.45, 2.75) is 26.3 Å². The topological polar surface area (TPSA) is 55.9 Å². The fourth-order valence-electron chi connectivity index (χ4n) is 1.99. The Morgan fingerprint density at radius 3 is 2.56 bits per heavy atom. The number of hydrogen-bond acceptors (Lipinski definition) is 3. The second-order valence-electron chi connectivity index (χ2n) is 4.87. The molecule has 1 atom stereocenters. The number of rotatable bonds is 5. The molecular formula is C14H20N4. The maximum atomic E-state index is 5.60. The summed E-state index contributed by atoms with van der Waals surface area (Å²) < 4.78 is 1.88. The van der Waals surface area contributed by atoms with E-state index < -0.39 is 0 Å². The van der Waals surface area contributed by atoms with Crippen LogP contribution < -0.4 is 11.3 Å². The minimum atomic E-state index is 0.106. The lowest BCUT2D eigenvalue weighted by atomic mass is 10.0. The standard InChI is InChI=1S/C14H20N4/c1-11(2)10-14(16-15)13-8-9-18(17-13)12-6-4-3-5-7-12/h3-9,11,14,16H,10,15H2,1-2H3. The van der Waals surface area contributed by atoms with Crippen LogP contribution in [0, 0.1) is 5.92 Å². The number of para-hydroxylation sites is 1. The minimum Gasteiger partial charge on any atom is -0.271 e. The van der Waals surface area contributed by atoms with E-state index in [1.165, 1.54) is 0 Å². The number of benzene rings is 1. The third-order valence-electron chi connectivity index (χ3n) is 2.90. The van der Waals surface area contributed by atoms with Crippen LogP contribution in [-0.2, 0) is 0 Å². The van der Waals surface area contributed by atoms with Crippen LogP contribution in [0.1, 0.15) is 32.0 Å². The lowest BCUT2D eigenvalue weighted by Crippen LogP contribution is -2.29. The Balaban J connectivity index is 2.19. The van der Waals surface area contributed by atoms with Crippen LogP contribution in [0.4, 0.5) is 0 Å². The molecule has 1 aromatic carbocycles. The van der Waals surface area contributed by atoms with Gasteiger partial charge in [-0.15, -0.1) is 0 Å². The van der Waals surface area contributed by atoms with Gasteiger partial charge in [-0.3, -0.25) is 11.3 Å². The fraction of sp³-hybridized carbons (Fsp3) is 0.357. The van der Waals surface area contributed by atoms with Crippen LogP contribution in [-0.4, -0.2) is 9.78 Å². The summed E-state index contributed by atoms with van der Waals surface area (Å²) in [6, 6.07) is 12.2. The molecule has 4 heteroatoms. The van der Waals surface area contributed by atoms with Gasteiger partial charge in [-0.1, -0.05) is 32.0 Å². The van der Waals surface area contributed by atoms with Gasteiger partial charge in [-0.25, -0.2) is 4.68 Å². The number of nitrogens with one attached hydrogen (secondary N) is 1. The molecule has 0 fully saturated rings. The molecule has 0 spiro atoms. The highest BCUT2D eigenvalue weighted by atomic mass is 15.3. The van der Waals surface area contributed by atoms with Crippen molar-refractivity contribution in [2.24, 2.45) is 11.8 Å². The summed E-state index contributed by atoms with van der Waals surface area (Å²) in [6.45, 7) is 4.36. The molecule has 2 rings (SSSR count). The number of hydrazine groups is 1. The van der Waals surface area contributed by atoms with Gasteiger partial charge < -0.3 is 0 Å². The van der Waals surface area contributed by atoms with Crippen molar-refractivity contribution in [3.8, 4) is 5.69 Å². The number of hydrogen-bond donors (Lipinski definition) is 2. The zero-order valence-corrected chi connectivity index (χ0v) is 10.9. The summed E-state index contributed by atoms with van der Waals surface area (Å²) in [7, 11) is 0. The SMILES string of the molecule is CC(C)CC(NN)c1ccn(-c2ccccc2)n1. The van der Waals surface area contributed by atoms with Gasteiger partial charge in [0.2, 0.25) is 0 Å². The van der Waals surface area contributed by atoms with Crippen LogP contribution in [0.5, 0.6) is 0 Å². The molecular weight excluding hydrogens is 224 g/mol. The summed E-state index contributed by atoms with van der Waals surface area (Å²) in [5.74, 6) is 6.18. The summed E-state index contributed by atoms with van der Waals surface area (Å²) in [5, 5.41) is 4.58. The van der Waals surface area contributed by atoms with Crippen LogP contribution in [0.3, 0.4) is 0 Å². The van der Waals surface area contributed by atoms with Crippen LogP contribution in [0.25, 0.3) is 5.69 Å². The Morgan fingerprint density at radius 2 is 1.94 bits per heavy atom. The molecule has 0 bridgehead atoms. The van der Waals surface area contributed by atoms with Crippen LogP contribution in [0.15, 0.2) is 42.6 Å². The first-order valence-corrected chi connectivity index (χ1v) is 6.28. The Hall–Kier alpha value is -1.65. The molecule has 1 heterocycles. The van der Waals surface area contributed by atoms with Crippen LogP contribution in [0.2, 0.25) is 0 Å². The van der Waals surface area contributed by atoms with E-state index in [9.17, 15) is 0 Å². The first-order valence-electron chi connectivity index (χ1n) is 6.28. The van der Waals surface area contributed by atoms with Crippen molar-refractivity contribution in [1.82, 2.24) is 15.2 Å². The van der Waals surface area contributed by atoms with Crippen molar-refractivity contribution in [3.05, 3.63) is 48.3 Å². The van der Waals surface area contributed by atoms with E-state index in [0.717, 1.165) is 17.8 Å². The molecule has 0 aliphatic rings. The Bertz CT molecular complexity index is 476. The van der Waals surface area contributed by atoms with Crippen LogP contribution >= 0.6 is 0 Å². The predicted octanol–water partition coefficient (Wildman–Crippen LogP) is 2.42. The molecule has 2 aromatic rings. The lowest BCUT2D eigenvalue weighted by Gasteiger charge is -2.15. The second kappa shape index (κ2) is 5.80. The van der Waals surface area contributed by atoms with E-state index in [1.54, 1.807) is 0 Å². The molecule has 1 unspecified atom stereocenters. The molecule has 0 radical (unpaired) electrons. The highest BCUT2D eigenvalue weighted by Gasteiger charge is 2.14. The van der Waals surface area contributed by atoms with Gasteiger partial charge in [0.05, 0.1) is 17.4 Å². The average Bonchev–Trinajstić information content (AvgIpc) is 2.86. The van der Waals surface area contributed by atoms with Gasteiger partial charge in [-0.2, -0.15) is 5.10 Å². The number of nitrogens with two attached hydrogens (primary N) is 1. The molecule has 96 valence electrons. The maximum absolute atomic E-state index is 5.60. The first kappa shape index (κ1) is 12.8. The molecule has 0 saturated heterocycles. The zero-order valence-electron chi connectivity index (χ0n) is 10.9. The van der Waals surface area contributed by atoms with E-state index in [2.05, 4.69) is 24.4 Å². The second-order valence-corrected chi connectivity index (χ2v) is 4.87. The van der Waals surface area contributed by atoms with Gasteiger partial charge in [0.25, 0.3) is 0 Å². The third-order valence-corrected chi connectivity index (χ3v) is 2.90. The van der Waals surface area contributed by atoms with Crippen molar-refractivity contribution in [1.29, 1.82) is 0 Å². The molecule has 18 heavy (non-hydrogen) atoms. The van der Waals surface area contributed by atoms with E-state index in [1.807, 2.05) is 47.3 Å². The zero-order chi connectivity index (χ0) is 13.0. The Kier molecular flexibility index (Phi) is 4.12. The van der Waals surface area contributed by atoms with E-state index in [0.29, 0.717) is 5.92 Å². The molecule has 0 saturated carbocycles. The largest absolute Gasteiger partial charge is 0.271 e. The Morgan fingerprint density at radius 1 is 1.22 bits per heavy atom. The predicted molar refractivity (Wildman–Crippen MR) is 73.1 cm³/mol. The first-order chi connectivity index (χ1) is 8.70. The lowest BCUT2D eigenvalue weighted by molar-refractivity contribution is 0.428. The van der Waals surface area contributed by atoms with Crippen molar-refractivity contribution < 1.29 is 0 Å². The highest BCUT2D eigenvalue weighted by molar-refractivity contribution is 5.30. The van der Waals surface area contributed by atoms with E-state index in [4.69, 9.17) is 5.84 Å². The van der Waals surface area contributed by atoms with E-state index in [-0.39, 0.29) is 6.04 Å². The molecule has 0 aliphatic carbocycles. The number of aromatic nitrogens is 2. The summed E-state index contributed by atoms with van der Waals surface area (Å²) >= 11 is 0. The molecule has 3 N–H and O–H groups in total. The smallest absolute Gasteiger partial charge is 0.0812 e. The quantitative estimate of drug-likeness (QED) is 0.627. The van der Waals surface area contributed by atoms with Crippen molar-refractivity contribution in [3.63, 3.8) is 0 Å². The maximum Gasteiger partial charge on any atom is 0.0812 e. The molecule has 0 amide bonds. The van der Waals surface area contributed by atoms with Crippen molar-refractivity contribution in [2.75, 3.05) is 0 Å². The summed E-state index contributed by atoms with van der Waals surface area (Å²) in [6.07, 6.45) is 2.94. The van der Waals surface area contributed by atoms with Gasteiger partial charge in [-0.05, 0) is 30.5 Å². The Labute approximate surface area is 108 Å². The third kappa shape index (κ3) is 2.97. The van der Waals surface area contributed by atoms with Gasteiger partial charge >= 0.3 is 0 Å². The van der Waals surface area contributed by atoms with Crippen molar-refractivity contribution >= 4 is 0 Å². The average molecular weight is 244 g/mol. The molecule has 1 aromatic heterocycles. The summed E-state index contributed by atoms with van der Waals surface area (Å²) in [5.41, 5.74) is 4.88. The minimum absolute atomic E-state index is 0.106. The molecule has 4 nitrogen and oxygen atoms in total. The van der Waals surface area contributed by atoms with Gasteiger partial charge in [0.15, 0.2) is 0 Å².